The van der Waals surface area contributed by atoms with Crippen molar-refractivity contribution in [3.8, 4) is 0 Å². The lowest BCUT2D eigenvalue weighted by Crippen LogP contribution is -2.54. The van der Waals surface area contributed by atoms with Crippen LogP contribution in [0.15, 0.2) is 85.1 Å². The molecule has 32 heavy (non-hydrogen) atoms. The quantitative estimate of drug-likeness (QED) is 0.280. The number of carboxylic acids is 1. The Morgan fingerprint density at radius 2 is 1.88 bits per heavy atom. The predicted molar refractivity (Wildman–Crippen MR) is 127 cm³/mol. The third-order valence-corrected chi connectivity index (χ3v) is 6.50. The molecule has 1 saturated heterocycles. The van der Waals surface area contributed by atoms with E-state index in [-0.39, 0.29) is 21.9 Å². The Morgan fingerprint density at radius 3 is 2.59 bits per heavy atom. The molecule has 4 rings (SSSR count). The van der Waals surface area contributed by atoms with Crippen LogP contribution in [0.2, 0.25) is 0 Å². The zero-order valence-corrected chi connectivity index (χ0v) is 19.3. The van der Waals surface area contributed by atoms with Gasteiger partial charge in [0.1, 0.15) is 11.3 Å². The van der Waals surface area contributed by atoms with Gasteiger partial charge in [0.15, 0.2) is 10.2 Å². The number of rotatable bonds is 5. The second-order valence-electron chi connectivity index (χ2n) is 6.51. The molecule has 2 heterocycles. The first kappa shape index (κ1) is 22.0. The minimum atomic E-state index is -1.15. The molecule has 0 bridgehead atoms. The summed E-state index contributed by atoms with van der Waals surface area (Å²) in [5.74, 6) is -2.21. The molecule has 1 aromatic heterocycles. The van der Waals surface area contributed by atoms with Crippen LogP contribution in [-0.2, 0) is 9.59 Å². The lowest BCUT2D eigenvalue weighted by atomic mass is 10.1. The summed E-state index contributed by atoms with van der Waals surface area (Å²) in [6.07, 6.45) is 1.33. The van der Waals surface area contributed by atoms with Crippen LogP contribution in [0.25, 0.3) is 6.08 Å². The summed E-state index contributed by atoms with van der Waals surface area (Å²) in [5, 5.41) is 12.1. The fraction of sp³-hybridized carbons (Fsp3) is 0. The first-order valence-electron chi connectivity index (χ1n) is 9.10. The monoisotopic (exact) mass is 528 g/mol. The van der Waals surface area contributed by atoms with E-state index in [1.165, 1.54) is 42.1 Å². The van der Waals surface area contributed by atoms with Crippen molar-refractivity contribution in [2.45, 2.75) is 9.99 Å². The molecule has 1 fully saturated rings. The maximum atomic E-state index is 13.1. The number of benzene rings is 2. The molecule has 0 saturated carbocycles. The summed E-state index contributed by atoms with van der Waals surface area (Å²) in [6.45, 7) is 0. The van der Waals surface area contributed by atoms with Gasteiger partial charge in [-0.3, -0.25) is 19.8 Å². The first-order valence-corrected chi connectivity index (χ1v) is 11.1. The first-order chi connectivity index (χ1) is 15.3. The summed E-state index contributed by atoms with van der Waals surface area (Å²) in [6, 6.07) is 17.0. The minimum absolute atomic E-state index is 0.0157. The number of thiocarbonyl (C=S) groups is 1. The fourth-order valence-corrected chi connectivity index (χ4v) is 4.55. The Balaban J connectivity index is 1.66. The van der Waals surface area contributed by atoms with Gasteiger partial charge in [-0.05, 0) is 70.6 Å². The molecule has 0 aliphatic carbocycles. The SMILES string of the molecule is O=C1NC(=S)N(c2cccc(C(=O)O)c2)C(=O)C1=Cc1cc(Br)c(Sc2ccccc2)o1. The number of carboxylic acid groups (broad SMARTS) is 1. The molecule has 2 aromatic carbocycles. The average molecular weight is 529 g/mol. The molecule has 7 nitrogen and oxygen atoms in total. The molecule has 10 heteroatoms. The van der Waals surface area contributed by atoms with Gasteiger partial charge in [0.05, 0.1) is 15.7 Å². The molecule has 3 aromatic rings. The summed E-state index contributed by atoms with van der Waals surface area (Å²) in [4.78, 5) is 38.9. The number of carbonyl (C=O) groups is 3. The molecule has 0 radical (unpaired) electrons. The second-order valence-corrected chi connectivity index (χ2v) is 8.80. The largest absolute Gasteiger partial charge is 0.478 e. The van der Waals surface area contributed by atoms with Crippen LogP contribution in [0.1, 0.15) is 16.1 Å². The minimum Gasteiger partial charge on any atom is -0.478 e. The number of aromatic carboxylic acids is 1. The molecule has 2 amide bonds. The topological polar surface area (TPSA) is 99.9 Å². The van der Waals surface area contributed by atoms with Crippen molar-refractivity contribution in [2.24, 2.45) is 0 Å². The third-order valence-electron chi connectivity index (χ3n) is 4.37. The van der Waals surface area contributed by atoms with Crippen molar-refractivity contribution in [3.63, 3.8) is 0 Å². The number of nitrogens with zero attached hydrogens (tertiary/aromatic N) is 1. The zero-order valence-electron chi connectivity index (χ0n) is 16.1. The van der Waals surface area contributed by atoms with E-state index in [1.807, 2.05) is 30.3 Å². The van der Waals surface area contributed by atoms with Crippen LogP contribution in [0, 0.1) is 0 Å². The van der Waals surface area contributed by atoms with Gasteiger partial charge in [-0.2, -0.15) is 0 Å². The van der Waals surface area contributed by atoms with E-state index in [0.29, 0.717) is 15.3 Å². The number of halogens is 1. The summed E-state index contributed by atoms with van der Waals surface area (Å²) in [5.41, 5.74) is 0.0154. The highest BCUT2D eigenvalue weighted by Crippen LogP contribution is 2.36. The number of hydrogen-bond donors (Lipinski definition) is 2. The van der Waals surface area contributed by atoms with Crippen LogP contribution >= 0.6 is 39.9 Å². The van der Waals surface area contributed by atoms with E-state index >= 15 is 0 Å². The van der Waals surface area contributed by atoms with Gasteiger partial charge in [-0.15, -0.1) is 0 Å². The lowest BCUT2D eigenvalue weighted by molar-refractivity contribution is -0.122. The standard InChI is InChI=1S/C22H13BrN2O5S2/c23-17-11-14(30-21(17)32-15-7-2-1-3-8-15)10-16-18(26)24-22(31)25(19(16)27)13-6-4-5-12(9-13)20(28)29/h1-11H,(H,28,29)(H,24,26,31). The van der Waals surface area contributed by atoms with Crippen molar-refractivity contribution < 1.29 is 23.9 Å². The number of furan rings is 1. The van der Waals surface area contributed by atoms with E-state index in [9.17, 15) is 19.5 Å². The Morgan fingerprint density at radius 1 is 1.12 bits per heavy atom. The van der Waals surface area contributed by atoms with Crippen molar-refractivity contribution in [1.82, 2.24) is 5.32 Å². The average Bonchev–Trinajstić information content (AvgIpc) is 3.10. The lowest BCUT2D eigenvalue weighted by Gasteiger charge is -2.28. The van der Waals surface area contributed by atoms with Crippen molar-refractivity contribution in [3.05, 3.63) is 82.0 Å². The van der Waals surface area contributed by atoms with Gasteiger partial charge in [-0.1, -0.05) is 36.0 Å². The highest BCUT2D eigenvalue weighted by molar-refractivity contribution is 9.10. The number of hydrogen-bond acceptors (Lipinski definition) is 6. The summed E-state index contributed by atoms with van der Waals surface area (Å²) in [7, 11) is 0. The van der Waals surface area contributed by atoms with Crippen LogP contribution in [0.5, 0.6) is 0 Å². The van der Waals surface area contributed by atoms with Crippen molar-refractivity contribution in [2.75, 3.05) is 4.90 Å². The molecular weight excluding hydrogens is 516 g/mol. The van der Waals surface area contributed by atoms with E-state index in [2.05, 4.69) is 21.2 Å². The van der Waals surface area contributed by atoms with E-state index < -0.39 is 17.8 Å². The number of carbonyl (C=O) groups excluding carboxylic acids is 2. The Hall–Kier alpha value is -3.21. The van der Waals surface area contributed by atoms with Crippen LogP contribution in [0.3, 0.4) is 0 Å². The van der Waals surface area contributed by atoms with Gasteiger partial charge in [-0.25, -0.2) is 4.79 Å². The van der Waals surface area contributed by atoms with E-state index in [1.54, 1.807) is 6.07 Å². The summed E-state index contributed by atoms with van der Waals surface area (Å²) >= 11 is 9.97. The van der Waals surface area contributed by atoms with E-state index in [4.69, 9.17) is 16.6 Å². The second kappa shape index (κ2) is 9.11. The van der Waals surface area contributed by atoms with Gasteiger partial charge in [0.25, 0.3) is 11.8 Å². The Bertz CT molecular complexity index is 1290. The maximum absolute atomic E-state index is 13.1. The molecule has 1 aliphatic rings. The fourth-order valence-electron chi connectivity index (χ4n) is 2.92. The predicted octanol–water partition coefficient (Wildman–Crippen LogP) is 4.72. The Labute approximate surface area is 200 Å². The van der Waals surface area contributed by atoms with Gasteiger partial charge < -0.3 is 9.52 Å². The third kappa shape index (κ3) is 4.52. The summed E-state index contributed by atoms with van der Waals surface area (Å²) < 4.78 is 6.48. The van der Waals surface area contributed by atoms with Gasteiger partial charge >= 0.3 is 5.97 Å². The van der Waals surface area contributed by atoms with Gasteiger partial charge in [0.2, 0.25) is 0 Å². The van der Waals surface area contributed by atoms with Crippen molar-refractivity contribution in [1.29, 1.82) is 0 Å². The van der Waals surface area contributed by atoms with Crippen LogP contribution in [0.4, 0.5) is 5.69 Å². The highest BCUT2D eigenvalue weighted by Gasteiger charge is 2.35. The molecule has 0 atom stereocenters. The van der Waals surface area contributed by atoms with E-state index in [0.717, 1.165) is 9.80 Å². The Kier molecular flexibility index (Phi) is 6.26. The normalized spacial score (nSPS) is 15.2. The molecular formula is C22H13BrN2O5S2. The molecule has 1 aliphatic heterocycles. The molecule has 160 valence electrons. The molecule has 0 unspecified atom stereocenters. The van der Waals surface area contributed by atoms with Gasteiger partial charge in [0, 0.05) is 4.90 Å². The highest BCUT2D eigenvalue weighted by atomic mass is 79.9. The number of nitrogens with one attached hydrogen (secondary N) is 1. The number of anilines is 1. The van der Waals surface area contributed by atoms with Crippen LogP contribution in [-0.4, -0.2) is 28.0 Å². The molecule has 0 spiro atoms. The van der Waals surface area contributed by atoms with Crippen molar-refractivity contribution >= 4 is 74.6 Å². The smallest absolute Gasteiger partial charge is 0.335 e. The number of amides is 2. The maximum Gasteiger partial charge on any atom is 0.335 e. The molecule has 2 N–H and O–H groups in total. The van der Waals surface area contributed by atoms with Crippen LogP contribution < -0.4 is 10.2 Å². The zero-order chi connectivity index (χ0) is 22.8.